The van der Waals surface area contributed by atoms with Crippen LogP contribution in [0.25, 0.3) is 0 Å². The molecule has 0 aromatic heterocycles. The van der Waals surface area contributed by atoms with E-state index in [9.17, 15) is 18.0 Å². The number of nitrogens with one attached hydrogen (secondary N) is 1. The fraction of sp³-hybridized carbons (Fsp3) is 0.462. The van der Waals surface area contributed by atoms with Gasteiger partial charge < -0.3 is 19.4 Å². The van der Waals surface area contributed by atoms with Gasteiger partial charge in [0.15, 0.2) is 11.3 Å². The van der Waals surface area contributed by atoms with E-state index in [4.69, 9.17) is 14.0 Å². The third kappa shape index (κ3) is 6.41. The Hall–Kier alpha value is -2.41. The molecule has 2 aromatic rings. The largest absolute Gasteiger partial charge is 0.494 e. The maximum atomic E-state index is 15.1. The van der Waals surface area contributed by atoms with Gasteiger partial charge in [-0.05, 0) is 57.8 Å². The molecule has 12 heteroatoms. The third-order valence-electron chi connectivity index (χ3n) is 6.87. The molecule has 204 valence electrons. The molecule has 1 fully saturated rings. The molecule has 0 saturated carbocycles. The van der Waals surface area contributed by atoms with Crippen LogP contribution >= 0.6 is 11.8 Å². The smallest absolute Gasteiger partial charge is 0.399 e. The number of rotatable bonds is 3. The summed E-state index contributed by atoms with van der Waals surface area (Å²) in [5.74, 6) is -1.17. The van der Waals surface area contributed by atoms with Gasteiger partial charge in [-0.1, -0.05) is 42.1 Å². The van der Waals surface area contributed by atoms with E-state index >= 15 is 4.39 Å². The van der Waals surface area contributed by atoms with E-state index in [0.717, 1.165) is 11.8 Å². The highest BCUT2D eigenvalue weighted by atomic mass is 32.2. The number of ether oxygens (including phenoxy) is 1. The zero-order valence-corrected chi connectivity index (χ0v) is 22.3. The molecule has 4 rings (SSSR count). The Bertz CT molecular complexity index is 1180. The number of hydrogen-bond acceptors (Lipinski definition) is 6. The molecule has 0 radical (unpaired) electrons. The van der Waals surface area contributed by atoms with Crippen LogP contribution in [0.5, 0.6) is 0 Å². The van der Waals surface area contributed by atoms with Gasteiger partial charge in [0.2, 0.25) is 0 Å². The molecule has 2 aliphatic rings. The van der Waals surface area contributed by atoms with Gasteiger partial charge in [-0.3, -0.25) is 9.79 Å². The average Bonchev–Trinajstić information content (AvgIpc) is 3.12. The Balaban J connectivity index is 1.68. The van der Waals surface area contributed by atoms with Crippen molar-refractivity contribution in [2.45, 2.75) is 63.6 Å². The molecule has 1 amide bonds. The minimum atomic E-state index is -4.61. The number of amidine groups is 1. The van der Waals surface area contributed by atoms with Crippen LogP contribution in [0.4, 0.5) is 17.6 Å². The van der Waals surface area contributed by atoms with Crippen molar-refractivity contribution in [2.24, 2.45) is 4.99 Å². The number of amides is 1. The lowest BCUT2D eigenvalue weighted by molar-refractivity contribution is -0.221. The molecule has 1 saturated heterocycles. The first-order chi connectivity index (χ1) is 17.8. The van der Waals surface area contributed by atoms with Crippen molar-refractivity contribution in [2.75, 3.05) is 12.4 Å². The number of halogens is 4. The van der Waals surface area contributed by atoms with Gasteiger partial charge in [0.25, 0.3) is 5.91 Å². The van der Waals surface area contributed by atoms with Gasteiger partial charge in [0, 0.05) is 16.9 Å². The summed E-state index contributed by atoms with van der Waals surface area (Å²) in [5.41, 5.74) is -0.434. The van der Waals surface area contributed by atoms with Gasteiger partial charge >= 0.3 is 13.3 Å². The maximum absolute atomic E-state index is 15.1. The molecular formula is C26H29BF4N2O4S. The Labute approximate surface area is 223 Å². The number of aliphatic imine (C=N–C) groups is 1. The summed E-state index contributed by atoms with van der Waals surface area (Å²) in [6.45, 7) is 6.97. The van der Waals surface area contributed by atoms with Crippen molar-refractivity contribution in [1.29, 1.82) is 0 Å². The SMILES string of the molecule is CC1(C)OB(c2ccc(F)c([C@H]3CO[C@@H](C(F)(F)F)CCS/C(NC(=O)c4ccccc4)=N\3)c2)OC1(C)C. The first-order valence-electron chi connectivity index (χ1n) is 12.2. The second-order valence-electron chi connectivity index (χ2n) is 10.1. The highest BCUT2D eigenvalue weighted by Crippen LogP contribution is 2.37. The molecule has 2 atom stereocenters. The maximum Gasteiger partial charge on any atom is 0.494 e. The minimum Gasteiger partial charge on any atom is -0.399 e. The molecule has 0 aliphatic carbocycles. The lowest BCUT2D eigenvalue weighted by atomic mass is 9.78. The van der Waals surface area contributed by atoms with Crippen molar-refractivity contribution >= 4 is 35.4 Å². The van der Waals surface area contributed by atoms with Gasteiger partial charge in [-0.2, -0.15) is 13.2 Å². The fourth-order valence-corrected chi connectivity index (χ4v) is 4.85. The second-order valence-corrected chi connectivity index (χ2v) is 11.2. The quantitative estimate of drug-likeness (QED) is 0.427. The van der Waals surface area contributed by atoms with Gasteiger partial charge in [-0.25, -0.2) is 4.39 Å². The standard InChI is InChI=1S/C26H29BF4N2O4S/c1-24(2)25(3,4)37-27(36-24)17-10-11-19(28)18(14-17)20-15-35-21(26(29,30)31)12-13-38-23(32-20)33-22(34)16-8-6-5-7-9-16/h5-11,14,20-21H,12-13,15H2,1-4H3,(H,32,33,34)/t20-,21-/m1/s1. The predicted molar refractivity (Wildman–Crippen MR) is 139 cm³/mol. The first-order valence-corrected chi connectivity index (χ1v) is 13.2. The second kappa shape index (κ2) is 11.0. The summed E-state index contributed by atoms with van der Waals surface area (Å²) in [5, 5.41) is 2.74. The zero-order valence-electron chi connectivity index (χ0n) is 21.5. The zero-order chi connectivity index (χ0) is 27.7. The van der Waals surface area contributed by atoms with E-state index in [1.54, 1.807) is 30.3 Å². The van der Waals surface area contributed by atoms with E-state index in [-0.39, 0.29) is 22.9 Å². The number of hydrogen-bond donors (Lipinski definition) is 1. The lowest BCUT2D eigenvalue weighted by Gasteiger charge is -2.32. The molecule has 0 unspecified atom stereocenters. The lowest BCUT2D eigenvalue weighted by Crippen LogP contribution is -2.41. The summed E-state index contributed by atoms with van der Waals surface area (Å²) in [6, 6.07) is 11.3. The molecular weight excluding hydrogens is 523 g/mol. The van der Waals surface area contributed by atoms with Gasteiger partial charge in [-0.15, -0.1) is 0 Å². The van der Waals surface area contributed by atoms with Crippen molar-refractivity contribution in [3.05, 3.63) is 65.5 Å². The summed E-state index contributed by atoms with van der Waals surface area (Å²) < 4.78 is 73.3. The number of carbonyl (C=O) groups excluding carboxylic acids is 1. The third-order valence-corrected chi connectivity index (χ3v) is 7.79. The van der Waals surface area contributed by atoms with Crippen LogP contribution in [-0.4, -0.2) is 54.0 Å². The number of nitrogens with zero attached hydrogens (tertiary/aromatic N) is 1. The average molecular weight is 552 g/mol. The van der Waals surface area contributed by atoms with Gasteiger partial charge in [0.1, 0.15) is 11.9 Å². The molecule has 1 N–H and O–H groups in total. The van der Waals surface area contributed by atoms with E-state index in [1.807, 2.05) is 27.7 Å². The van der Waals surface area contributed by atoms with E-state index in [1.165, 1.54) is 18.2 Å². The van der Waals surface area contributed by atoms with Crippen LogP contribution in [0.2, 0.25) is 0 Å². The normalized spacial score (nSPS) is 25.1. The molecule has 38 heavy (non-hydrogen) atoms. The van der Waals surface area contributed by atoms with Crippen molar-refractivity contribution in [1.82, 2.24) is 5.32 Å². The van der Waals surface area contributed by atoms with Crippen molar-refractivity contribution < 1.29 is 36.4 Å². The highest BCUT2D eigenvalue weighted by molar-refractivity contribution is 8.13. The monoisotopic (exact) mass is 552 g/mol. The van der Waals surface area contributed by atoms with Crippen molar-refractivity contribution in [3.63, 3.8) is 0 Å². The predicted octanol–water partition coefficient (Wildman–Crippen LogP) is 5.04. The summed E-state index contributed by atoms with van der Waals surface area (Å²) >= 11 is 0.953. The van der Waals surface area contributed by atoms with Crippen molar-refractivity contribution in [3.8, 4) is 0 Å². The number of benzene rings is 2. The summed E-state index contributed by atoms with van der Waals surface area (Å²) in [4.78, 5) is 17.2. The molecule has 2 aliphatic heterocycles. The van der Waals surface area contributed by atoms with E-state index in [2.05, 4.69) is 10.3 Å². The van der Waals surface area contributed by atoms with Crippen LogP contribution in [0, 0.1) is 5.82 Å². The number of alkyl halides is 3. The Morgan fingerprint density at radius 1 is 1.08 bits per heavy atom. The molecule has 0 spiro atoms. The number of thioether (sulfide) groups is 1. The molecule has 2 aromatic carbocycles. The fourth-order valence-electron chi connectivity index (χ4n) is 3.96. The summed E-state index contributed by atoms with van der Waals surface area (Å²) in [7, 11) is -0.810. The van der Waals surface area contributed by atoms with Crippen LogP contribution in [0.15, 0.2) is 53.5 Å². The first kappa shape index (κ1) is 28.6. The van der Waals surface area contributed by atoms with Crippen LogP contribution in [0.3, 0.4) is 0 Å². The van der Waals surface area contributed by atoms with E-state index in [0.29, 0.717) is 11.0 Å². The Morgan fingerprint density at radius 3 is 2.37 bits per heavy atom. The van der Waals surface area contributed by atoms with Crippen LogP contribution in [0.1, 0.15) is 56.1 Å². The Kier molecular flexibility index (Phi) is 8.27. The van der Waals surface area contributed by atoms with Crippen LogP contribution < -0.4 is 10.8 Å². The highest BCUT2D eigenvalue weighted by Gasteiger charge is 2.52. The summed E-state index contributed by atoms with van der Waals surface area (Å²) in [6.07, 6.45) is -7.00. The molecule has 6 nitrogen and oxygen atoms in total. The van der Waals surface area contributed by atoms with Gasteiger partial charge in [0.05, 0.1) is 17.8 Å². The number of carbonyl (C=O) groups is 1. The molecule has 0 bridgehead atoms. The van der Waals surface area contributed by atoms with Crippen LogP contribution in [-0.2, 0) is 14.0 Å². The Morgan fingerprint density at radius 2 is 1.74 bits per heavy atom. The minimum absolute atomic E-state index is 0.00657. The molecule has 2 heterocycles. The topological polar surface area (TPSA) is 69.2 Å². The van der Waals surface area contributed by atoms with E-state index < -0.39 is 55.0 Å².